The van der Waals surface area contributed by atoms with Crippen molar-refractivity contribution < 1.29 is 20.1 Å². The van der Waals surface area contributed by atoms with E-state index in [9.17, 15) is 30.4 Å². The molecule has 0 radical (unpaired) electrons. The third-order valence-electron chi connectivity index (χ3n) is 3.22. The lowest BCUT2D eigenvalue weighted by molar-refractivity contribution is -0.388. The molecule has 0 heterocycles. The molecule has 8 heteroatoms. The van der Waals surface area contributed by atoms with Gasteiger partial charge in [-0.1, -0.05) is 0 Å². The first-order valence-corrected chi connectivity index (χ1v) is 5.45. The summed E-state index contributed by atoms with van der Waals surface area (Å²) >= 11 is 0. The molecule has 2 N–H and O–H groups in total. The third kappa shape index (κ3) is 1.30. The molecule has 2 aromatic rings. The number of aromatic hydroxyl groups is 2. The summed E-state index contributed by atoms with van der Waals surface area (Å²) in [5.41, 5.74) is -0.696. The fraction of sp³-hybridized carbons (Fsp3) is 0. The Morgan fingerprint density at radius 1 is 0.700 bits per heavy atom. The highest BCUT2D eigenvalue weighted by Gasteiger charge is 2.25. The number of rotatable bonds is 2. The fourth-order valence-electron chi connectivity index (χ4n) is 2.42. The average molecular weight is 274 g/mol. The van der Waals surface area contributed by atoms with Crippen molar-refractivity contribution in [1.29, 1.82) is 0 Å². The Hall–Kier alpha value is -3.16. The van der Waals surface area contributed by atoms with Crippen LogP contribution in [0.5, 0.6) is 11.5 Å². The predicted molar refractivity (Wildman–Crippen MR) is 64.9 cm³/mol. The highest BCUT2D eigenvalue weighted by atomic mass is 16.6. The van der Waals surface area contributed by atoms with E-state index in [0.717, 1.165) is 24.3 Å². The van der Waals surface area contributed by atoms with Crippen LogP contribution in [0.1, 0.15) is 0 Å². The summed E-state index contributed by atoms with van der Waals surface area (Å²) in [4.78, 5) is 20.6. The molecule has 0 aromatic heterocycles. The monoisotopic (exact) mass is 274 g/mol. The number of fused-ring (bicyclic) bond motifs is 2. The van der Waals surface area contributed by atoms with Gasteiger partial charge in [-0.05, 0) is 12.1 Å². The predicted octanol–water partition coefficient (Wildman–Crippen LogP) is 1.80. The van der Waals surface area contributed by atoms with E-state index in [4.69, 9.17) is 0 Å². The van der Waals surface area contributed by atoms with E-state index in [-0.39, 0.29) is 43.7 Å². The minimum atomic E-state index is -0.686. The van der Waals surface area contributed by atoms with Crippen molar-refractivity contribution in [2.75, 3.05) is 0 Å². The Morgan fingerprint density at radius 2 is 1.05 bits per heavy atom. The molecule has 0 bridgehead atoms. The molecule has 20 heavy (non-hydrogen) atoms. The molecule has 0 spiro atoms. The summed E-state index contributed by atoms with van der Waals surface area (Å²) in [6.45, 7) is 0. The summed E-state index contributed by atoms with van der Waals surface area (Å²) in [5.74, 6) is -0.539. The van der Waals surface area contributed by atoms with Gasteiger partial charge in [-0.2, -0.15) is 0 Å². The van der Waals surface area contributed by atoms with E-state index in [2.05, 4.69) is 0 Å². The second-order valence-electron chi connectivity index (χ2n) is 4.22. The van der Waals surface area contributed by atoms with Gasteiger partial charge in [-0.15, -0.1) is 0 Å². The zero-order valence-electron chi connectivity index (χ0n) is 9.73. The van der Waals surface area contributed by atoms with Crippen molar-refractivity contribution in [2.24, 2.45) is 0 Å². The molecule has 0 saturated carbocycles. The van der Waals surface area contributed by atoms with Crippen LogP contribution in [-0.2, 0) is 0 Å². The van der Waals surface area contributed by atoms with Gasteiger partial charge < -0.3 is 10.2 Å². The minimum Gasteiger partial charge on any atom is -0.507 e. The van der Waals surface area contributed by atoms with Crippen molar-refractivity contribution in [3.8, 4) is 11.5 Å². The van der Waals surface area contributed by atoms with Crippen molar-refractivity contribution in [3.63, 3.8) is 0 Å². The normalized spacial score (nSPS) is 11.2. The van der Waals surface area contributed by atoms with Crippen LogP contribution < -0.4 is 0 Å². The second-order valence-corrected chi connectivity index (χ2v) is 4.22. The van der Waals surface area contributed by atoms with Crippen LogP contribution in [0.15, 0.2) is 24.3 Å². The Morgan fingerprint density at radius 3 is 1.35 bits per heavy atom. The molecular weight excluding hydrogens is 268 g/mol. The van der Waals surface area contributed by atoms with E-state index >= 15 is 0 Å². The largest absolute Gasteiger partial charge is 0.507 e. The number of benzene rings is 2. The quantitative estimate of drug-likeness (QED) is 0.541. The molecule has 1 aliphatic carbocycles. The Labute approximate surface area is 109 Å². The van der Waals surface area contributed by atoms with Crippen molar-refractivity contribution >= 4 is 11.4 Å². The maximum atomic E-state index is 11.0. The van der Waals surface area contributed by atoms with Gasteiger partial charge in [0.05, 0.1) is 20.3 Å². The summed E-state index contributed by atoms with van der Waals surface area (Å²) in [5, 5.41) is 41.6. The Kier molecular flexibility index (Phi) is 2.18. The van der Waals surface area contributed by atoms with Gasteiger partial charge >= 0.3 is 0 Å². The summed E-state index contributed by atoms with van der Waals surface area (Å²) < 4.78 is 0. The van der Waals surface area contributed by atoms with E-state index in [0.29, 0.717) is 0 Å². The van der Waals surface area contributed by atoms with Gasteiger partial charge in [0.25, 0.3) is 11.4 Å². The lowest BCUT2D eigenvalue weighted by Crippen LogP contribution is -2.02. The molecule has 0 aliphatic heterocycles. The van der Waals surface area contributed by atoms with Gasteiger partial charge in [-0.25, -0.2) is 0 Å². The van der Waals surface area contributed by atoms with Crippen LogP contribution in [0.3, 0.4) is 0 Å². The topological polar surface area (TPSA) is 127 Å². The SMILES string of the molecule is O=[N+]([O-])c1ccc(O)c2c1=c1c([N+](=O)[O-])ccc(O)c1=2. The van der Waals surface area contributed by atoms with Crippen molar-refractivity contribution in [3.05, 3.63) is 65.4 Å². The molecule has 100 valence electrons. The Bertz CT molecular complexity index is 903. The first-order chi connectivity index (χ1) is 9.43. The molecular formula is C12H6N2O6. The molecule has 0 atom stereocenters. The van der Waals surface area contributed by atoms with E-state index in [1.165, 1.54) is 0 Å². The number of nitrogens with zero attached hydrogens (tertiary/aromatic N) is 2. The van der Waals surface area contributed by atoms with Crippen molar-refractivity contribution in [1.82, 2.24) is 0 Å². The van der Waals surface area contributed by atoms with Gasteiger partial charge in [0.1, 0.15) is 11.5 Å². The van der Waals surface area contributed by atoms with Crippen molar-refractivity contribution in [2.45, 2.75) is 0 Å². The molecule has 0 amide bonds. The van der Waals surface area contributed by atoms with Gasteiger partial charge in [-0.3, -0.25) is 20.2 Å². The van der Waals surface area contributed by atoms with Crippen LogP contribution in [0.25, 0.3) is 0 Å². The van der Waals surface area contributed by atoms with Gasteiger partial charge in [0.15, 0.2) is 0 Å². The number of nitro benzene ring substituents is 2. The number of non-ortho nitro benzene ring substituents is 2. The lowest BCUT2D eigenvalue weighted by Gasteiger charge is -2.08. The first-order valence-electron chi connectivity index (χ1n) is 5.45. The number of phenolic OH excluding ortho intramolecular Hbond substituents is 2. The molecule has 0 saturated heterocycles. The van der Waals surface area contributed by atoms with Crippen LogP contribution in [0.2, 0.25) is 0 Å². The maximum Gasteiger partial charge on any atom is 0.278 e. The molecule has 1 aliphatic rings. The lowest BCUT2D eigenvalue weighted by atomic mass is 9.97. The number of hydrogen-bond donors (Lipinski definition) is 2. The highest BCUT2D eigenvalue weighted by molar-refractivity contribution is 5.55. The van der Waals surface area contributed by atoms with Crippen LogP contribution in [0.4, 0.5) is 11.4 Å². The smallest absolute Gasteiger partial charge is 0.278 e. The molecule has 2 aromatic carbocycles. The first kappa shape index (κ1) is 11.9. The van der Waals surface area contributed by atoms with Crippen LogP contribution in [-0.4, -0.2) is 20.1 Å². The molecule has 0 unspecified atom stereocenters. The molecule has 8 nitrogen and oxygen atoms in total. The number of nitro groups is 2. The second kappa shape index (κ2) is 3.67. The van der Waals surface area contributed by atoms with E-state index in [1.54, 1.807) is 0 Å². The maximum absolute atomic E-state index is 11.0. The van der Waals surface area contributed by atoms with E-state index in [1.807, 2.05) is 0 Å². The van der Waals surface area contributed by atoms with Crippen LogP contribution in [0, 0.1) is 41.1 Å². The number of phenols is 2. The Balaban J connectivity index is 2.69. The third-order valence-corrected chi connectivity index (χ3v) is 3.22. The summed E-state index contributed by atoms with van der Waals surface area (Å²) in [7, 11) is 0. The van der Waals surface area contributed by atoms with E-state index < -0.39 is 9.85 Å². The minimum absolute atomic E-state index is 0.0207. The zero-order valence-corrected chi connectivity index (χ0v) is 9.73. The molecule has 3 rings (SSSR count). The van der Waals surface area contributed by atoms with Crippen LogP contribution >= 0.6 is 0 Å². The number of hydrogen-bond acceptors (Lipinski definition) is 6. The fourth-order valence-corrected chi connectivity index (χ4v) is 2.42. The summed E-state index contributed by atoms with van der Waals surface area (Å²) in [6, 6.07) is 4.39. The highest BCUT2D eigenvalue weighted by Crippen LogP contribution is 2.35. The standard InChI is InChI=1S/C12H6N2O6/c15-7-3-1-5(13(17)18)9-10-6(14(19)20)2-4-8(16)12(10)11(7)9/h1-4,15-16H. The zero-order chi connectivity index (χ0) is 14.6. The average Bonchev–Trinajstić information content (AvgIpc) is 2.34. The summed E-state index contributed by atoms with van der Waals surface area (Å²) in [6.07, 6.45) is 0. The van der Waals surface area contributed by atoms with Gasteiger partial charge in [0.2, 0.25) is 0 Å². The van der Waals surface area contributed by atoms with Gasteiger partial charge in [0, 0.05) is 22.6 Å². The molecule has 0 fully saturated rings.